The Morgan fingerprint density at radius 3 is 0.621 bits per heavy atom. The van der Waals surface area contributed by atoms with E-state index in [0.717, 1.165) is 0 Å². The lowest BCUT2D eigenvalue weighted by atomic mass is 9.78. The lowest BCUT2D eigenvalue weighted by molar-refractivity contribution is -0.0936. The maximum Gasteiger partial charge on any atom is 0.165 e. The first-order valence-electron chi connectivity index (χ1n) is 31.2. The molecule has 87 heavy (non-hydrogen) atoms. The first kappa shape index (κ1) is 74.0. The highest BCUT2D eigenvalue weighted by molar-refractivity contribution is 5.99. The Labute approximate surface area is 522 Å². The standard InChI is InChI=1S/C74H110O13/c1-67(2,3)51-33-45(34-52(63(51)79)68(4,5)6)59(75)25-29-83-41-49(86-31-27-61(77)47-37-55(71(13,14)15)65(81)56(38-47)72(16,17)18)43-85-44-50(87-32-28-62(78)48-39-57(73(19,20)21)66(82)58(40-48)74(22,23)24)42-84-30-26-60(76)46-35-53(69(7,8)9)64(80)54(36-46)70(10,11)12/h33-40,49-50,79-82H,25-32,41-44H2,1-24H3. The fourth-order valence-corrected chi connectivity index (χ4v) is 10.3. The largest absolute Gasteiger partial charge is 0.507 e. The molecule has 0 bridgehead atoms. The van der Waals surface area contributed by atoms with Gasteiger partial charge >= 0.3 is 0 Å². The molecule has 0 radical (unpaired) electrons. The van der Waals surface area contributed by atoms with Gasteiger partial charge in [0.15, 0.2) is 23.1 Å². The highest BCUT2D eigenvalue weighted by atomic mass is 16.6. The highest BCUT2D eigenvalue weighted by Gasteiger charge is 2.33. The number of aromatic hydroxyl groups is 4. The van der Waals surface area contributed by atoms with E-state index in [1.54, 1.807) is 48.5 Å². The van der Waals surface area contributed by atoms with Crippen LogP contribution in [0.25, 0.3) is 0 Å². The molecule has 4 aromatic carbocycles. The average Bonchev–Trinajstić information content (AvgIpc) is 1.17. The molecular weight excluding hydrogens is 1100 g/mol. The Hall–Kier alpha value is -5.44. The maximum atomic E-state index is 14.0. The van der Waals surface area contributed by atoms with Crippen LogP contribution in [0.1, 0.15) is 278 Å². The summed E-state index contributed by atoms with van der Waals surface area (Å²) in [6.07, 6.45) is -1.31. The average molecular weight is 1210 g/mol. The summed E-state index contributed by atoms with van der Waals surface area (Å²) in [5.74, 6) is 0.105. The van der Waals surface area contributed by atoms with Crippen molar-refractivity contribution in [3.8, 4) is 23.0 Å². The lowest BCUT2D eigenvalue weighted by Gasteiger charge is -2.28. The second-order valence-electron chi connectivity index (χ2n) is 32.0. The van der Waals surface area contributed by atoms with Crippen molar-refractivity contribution in [3.05, 3.63) is 115 Å². The topological polar surface area (TPSA) is 195 Å². The number of ketones is 4. The minimum Gasteiger partial charge on any atom is -0.507 e. The molecule has 0 saturated heterocycles. The van der Waals surface area contributed by atoms with E-state index in [1.807, 2.05) is 166 Å². The molecule has 484 valence electrons. The van der Waals surface area contributed by atoms with Gasteiger partial charge in [0, 0.05) is 92.4 Å². The second kappa shape index (κ2) is 28.6. The summed E-state index contributed by atoms with van der Waals surface area (Å²) in [5.41, 5.74) is 3.86. The second-order valence-corrected chi connectivity index (χ2v) is 32.0. The van der Waals surface area contributed by atoms with Crippen LogP contribution in [0.2, 0.25) is 0 Å². The fourth-order valence-electron chi connectivity index (χ4n) is 10.3. The van der Waals surface area contributed by atoms with E-state index in [1.165, 1.54) is 0 Å². The van der Waals surface area contributed by atoms with Crippen LogP contribution in [0.5, 0.6) is 23.0 Å². The molecule has 4 aromatic rings. The summed E-state index contributed by atoms with van der Waals surface area (Å²) in [4.78, 5) is 55.8. The lowest BCUT2D eigenvalue weighted by Crippen LogP contribution is -2.32. The Balaban J connectivity index is 1.61. The normalized spacial score (nSPS) is 13.9. The SMILES string of the molecule is CC(C)(C)c1cc(C(=O)CCOCC(COCC(COCCC(=O)c2cc(C(C)(C)C)c(O)c(C(C)(C)C)c2)OCCC(=O)c2cc(C(C)(C)C)c(O)c(C(C)(C)C)c2)OCCC(=O)c2cc(C(C)(C)C)c(O)c(C(C)(C)C)c2)cc(C(C)(C)C)c1O. The van der Waals surface area contributed by atoms with Gasteiger partial charge in [-0.1, -0.05) is 166 Å². The van der Waals surface area contributed by atoms with E-state index in [2.05, 4.69) is 0 Å². The predicted octanol–water partition coefficient (Wildman–Crippen LogP) is 16.1. The van der Waals surface area contributed by atoms with Crippen molar-refractivity contribution in [3.63, 3.8) is 0 Å². The van der Waals surface area contributed by atoms with E-state index in [4.69, 9.17) is 23.7 Å². The van der Waals surface area contributed by atoms with E-state index < -0.39 is 55.5 Å². The zero-order chi connectivity index (χ0) is 66.4. The number of Topliss-reactive ketones (excluding diaryl/α,β-unsaturated/α-hetero) is 4. The number of rotatable bonds is 26. The van der Waals surface area contributed by atoms with Crippen LogP contribution in [0.4, 0.5) is 0 Å². The summed E-state index contributed by atoms with van der Waals surface area (Å²) in [7, 11) is 0. The van der Waals surface area contributed by atoms with E-state index in [-0.39, 0.29) is 125 Å². The molecule has 0 heterocycles. The molecule has 13 heteroatoms. The van der Waals surface area contributed by atoms with Crippen molar-refractivity contribution in [1.29, 1.82) is 0 Å². The zero-order valence-corrected chi connectivity index (χ0v) is 57.7. The van der Waals surface area contributed by atoms with Crippen molar-refractivity contribution in [2.24, 2.45) is 0 Å². The molecule has 0 aliphatic heterocycles. The Morgan fingerprint density at radius 2 is 0.448 bits per heavy atom. The van der Waals surface area contributed by atoms with Crippen LogP contribution in [0.3, 0.4) is 0 Å². The van der Waals surface area contributed by atoms with Crippen LogP contribution >= 0.6 is 0 Å². The molecule has 2 atom stereocenters. The van der Waals surface area contributed by atoms with E-state index >= 15 is 0 Å². The third-order valence-corrected chi connectivity index (χ3v) is 15.7. The third-order valence-electron chi connectivity index (χ3n) is 15.7. The van der Waals surface area contributed by atoms with Gasteiger partial charge in [-0.2, -0.15) is 0 Å². The van der Waals surface area contributed by atoms with Gasteiger partial charge < -0.3 is 44.1 Å². The molecule has 4 N–H and O–H groups in total. The van der Waals surface area contributed by atoms with Crippen molar-refractivity contribution >= 4 is 23.1 Å². The summed E-state index contributed by atoms with van der Waals surface area (Å²) in [5, 5.41) is 45.4. The molecule has 0 aliphatic rings. The quantitative estimate of drug-likeness (QED) is 0.0343. The highest BCUT2D eigenvalue weighted by Crippen LogP contribution is 2.44. The van der Waals surface area contributed by atoms with Gasteiger partial charge in [-0.3, -0.25) is 19.2 Å². The summed E-state index contributed by atoms with van der Waals surface area (Å²) >= 11 is 0. The van der Waals surface area contributed by atoms with Crippen molar-refractivity contribution in [2.75, 3.05) is 52.9 Å². The summed E-state index contributed by atoms with van der Waals surface area (Å²) in [6, 6.07) is 14.1. The van der Waals surface area contributed by atoms with Crippen LogP contribution in [-0.4, -0.2) is 109 Å². The number of hydrogen-bond donors (Lipinski definition) is 4. The Bertz CT molecular complexity index is 2700. The van der Waals surface area contributed by atoms with Crippen LogP contribution in [-0.2, 0) is 67.0 Å². The van der Waals surface area contributed by atoms with Gasteiger partial charge in [0.05, 0.1) is 52.9 Å². The molecule has 0 aliphatic carbocycles. The molecule has 2 unspecified atom stereocenters. The number of phenols is 4. The maximum absolute atomic E-state index is 14.0. The number of benzene rings is 4. The fraction of sp³-hybridized carbons (Fsp3) is 0.622. The van der Waals surface area contributed by atoms with Gasteiger partial charge in [-0.25, -0.2) is 0 Å². The monoisotopic (exact) mass is 1210 g/mol. The molecule has 0 saturated carbocycles. The minimum atomic E-state index is -0.720. The summed E-state index contributed by atoms with van der Waals surface area (Å²) < 4.78 is 31.5. The van der Waals surface area contributed by atoms with Gasteiger partial charge in [0.2, 0.25) is 0 Å². The smallest absolute Gasteiger partial charge is 0.165 e. The van der Waals surface area contributed by atoms with Crippen molar-refractivity contribution in [2.45, 2.75) is 247 Å². The first-order chi connectivity index (χ1) is 39.5. The molecule has 0 fully saturated rings. The van der Waals surface area contributed by atoms with Crippen LogP contribution in [0, 0.1) is 0 Å². The predicted molar refractivity (Wildman–Crippen MR) is 350 cm³/mol. The molecule has 0 amide bonds. The van der Waals surface area contributed by atoms with Gasteiger partial charge in [-0.15, -0.1) is 0 Å². The zero-order valence-electron chi connectivity index (χ0n) is 57.7. The number of carbonyl (C=O) groups is 4. The Kier molecular flexibility index (Phi) is 24.3. The number of hydrogen-bond acceptors (Lipinski definition) is 13. The van der Waals surface area contributed by atoms with Crippen LogP contribution < -0.4 is 0 Å². The van der Waals surface area contributed by atoms with Gasteiger partial charge in [0.25, 0.3) is 0 Å². The first-order valence-corrected chi connectivity index (χ1v) is 31.2. The molecule has 0 aromatic heterocycles. The van der Waals surface area contributed by atoms with Crippen molar-refractivity contribution in [1.82, 2.24) is 0 Å². The molecule has 13 nitrogen and oxygen atoms in total. The van der Waals surface area contributed by atoms with Crippen molar-refractivity contribution < 1.29 is 63.3 Å². The van der Waals surface area contributed by atoms with E-state index in [0.29, 0.717) is 66.8 Å². The number of ether oxygens (including phenoxy) is 5. The van der Waals surface area contributed by atoms with E-state index in [9.17, 15) is 39.6 Å². The minimum absolute atomic E-state index is 0.00256. The summed E-state index contributed by atoms with van der Waals surface area (Å²) in [6.45, 7) is 48.0. The van der Waals surface area contributed by atoms with Gasteiger partial charge in [-0.05, 0) is 91.9 Å². The molecular formula is C74H110O13. The molecule has 0 spiro atoms. The number of carbonyl (C=O) groups excluding carboxylic acids is 4. The van der Waals surface area contributed by atoms with Crippen LogP contribution in [0.15, 0.2) is 48.5 Å². The molecule has 4 rings (SSSR count). The number of phenolic OH excluding ortho intramolecular Hbond substituents is 4. The third kappa shape index (κ3) is 20.8. The Morgan fingerprint density at radius 1 is 0.287 bits per heavy atom. The van der Waals surface area contributed by atoms with Gasteiger partial charge in [0.1, 0.15) is 35.2 Å².